The molecule has 0 saturated heterocycles. The zero-order chi connectivity index (χ0) is 37.4. The molecule has 9 rings (SSSR count). The highest BCUT2D eigenvalue weighted by molar-refractivity contribution is 7.02. The lowest BCUT2D eigenvalue weighted by atomic mass is 9.61. The van der Waals surface area contributed by atoms with Gasteiger partial charge >= 0.3 is 0 Å². The lowest BCUT2D eigenvalue weighted by Crippen LogP contribution is -2.58. The molecule has 1 aliphatic carbocycles. The van der Waals surface area contributed by atoms with Gasteiger partial charge in [0.05, 0.1) is 21.9 Å². The SMILES string of the molecule is CC(C)c1cc(N(c2ccccc2)c2cccc(N3c4ccccc4C4(C)CCCCC34C)c2)c(Cl)c(N2c3ccccc3[Si](C)(C)c3ccccc32)c1. The molecule has 2 aliphatic heterocycles. The topological polar surface area (TPSA) is 9.72 Å². The maximum absolute atomic E-state index is 7.90. The molecule has 2 heterocycles. The summed E-state index contributed by atoms with van der Waals surface area (Å²) in [5, 5.41) is 3.59. The summed E-state index contributed by atoms with van der Waals surface area (Å²) in [5.41, 5.74) is 11.9. The van der Waals surface area contributed by atoms with E-state index in [1.807, 2.05) is 0 Å². The first-order valence-electron chi connectivity index (χ1n) is 19.7. The first-order chi connectivity index (χ1) is 26.0. The van der Waals surface area contributed by atoms with Gasteiger partial charge in [0, 0.05) is 39.5 Å². The van der Waals surface area contributed by atoms with Crippen LogP contribution in [0, 0.1) is 0 Å². The van der Waals surface area contributed by atoms with Gasteiger partial charge in [0.1, 0.15) is 8.07 Å². The molecule has 0 spiro atoms. The molecule has 2 unspecified atom stereocenters. The van der Waals surface area contributed by atoms with Crippen LogP contribution in [0.5, 0.6) is 0 Å². The second-order valence-electron chi connectivity index (χ2n) is 16.9. The Morgan fingerprint density at radius 1 is 0.630 bits per heavy atom. The highest BCUT2D eigenvalue weighted by Crippen LogP contribution is 2.61. The molecule has 1 fully saturated rings. The molecule has 3 nitrogen and oxygen atoms in total. The number of rotatable bonds is 6. The van der Waals surface area contributed by atoms with Gasteiger partial charge in [-0.2, -0.15) is 0 Å². The number of nitrogens with zero attached hydrogens (tertiary/aromatic N) is 3. The Morgan fingerprint density at radius 2 is 1.22 bits per heavy atom. The molecule has 0 radical (unpaired) electrons. The average molecular weight is 744 g/mol. The minimum Gasteiger partial charge on any atom is -0.334 e. The Kier molecular flexibility index (Phi) is 8.37. The van der Waals surface area contributed by atoms with E-state index in [-0.39, 0.29) is 16.9 Å². The summed E-state index contributed by atoms with van der Waals surface area (Å²) in [6.07, 6.45) is 4.88. The van der Waals surface area contributed by atoms with Gasteiger partial charge in [-0.1, -0.05) is 137 Å². The van der Waals surface area contributed by atoms with Crippen molar-refractivity contribution in [1.82, 2.24) is 0 Å². The van der Waals surface area contributed by atoms with Crippen LogP contribution >= 0.6 is 11.6 Å². The summed E-state index contributed by atoms with van der Waals surface area (Å²) in [5.74, 6) is 0.287. The predicted molar refractivity (Wildman–Crippen MR) is 234 cm³/mol. The highest BCUT2D eigenvalue weighted by atomic mass is 35.5. The van der Waals surface area contributed by atoms with Gasteiger partial charge in [0.25, 0.3) is 0 Å². The van der Waals surface area contributed by atoms with Crippen molar-refractivity contribution in [3.05, 3.63) is 156 Å². The van der Waals surface area contributed by atoms with Crippen molar-refractivity contribution in [2.24, 2.45) is 0 Å². The van der Waals surface area contributed by atoms with Crippen molar-refractivity contribution in [3.8, 4) is 0 Å². The molecule has 6 aromatic carbocycles. The quantitative estimate of drug-likeness (QED) is 0.157. The smallest absolute Gasteiger partial charge is 0.117 e. The average Bonchev–Trinajstić information content (AvgIpc) is 3.40. The highest BCUT2D eigenvalue weighted by Gasteiger charge is 2.57. The minimum atomic E-state index is -1.97. The van der Waals surface area contributed by atoms with E-state index < -0.39 is 8.07 Å². The van der Waals surface area contributed by atoms with Gasteiger partial charge in [-0.25, -0.2) is 0 Å². The van der Waals surface area contributed by atoms with Crippen LogP contribution in [0.1, 0.15) is 70.4 Å². The van der Waals surface area contributed by atoms with Crippen LogP contribution in [0.15, 0.2) is 140 Å². The first kappa shape index (κ1) is 35.0. The third-order valence-electron chi connectivity index (χ3n) is 13.2. The Bertz CT molecular complexity index is 2340. The molecule has 272 valence electrons. The van der Waals surface area contributed by atoms with Gasteiger partial charge < -0.3 is 14.7 Å². The van der Waals surface area contributed by atoms with Crippen molar-refractivity contribution < 1.29 is 0 Å². The molecule has 0 N–H and O–H groups in total. The fourth-order valence-corrected chi connectivity index (χ4v) is 13.3. The first-order valence-corrected chi connectivity index (χ1v) is 23.1. The molecule has 6 aromatic rings. The van der Waals surface area contributed by atoms with Crippen molar-refractivity contribution in [1.29, 1.82) is 0 Å². The lowest BCUT2D eigenvalue weighted by Gasteiger charge is -2.50. The molecule has 0 amide bonds. The maximum Gasteiger partial charge on any atom is 0.117 e. The Morgan fingerprint density at radius 3 is 1.91 bits per heavy atom. The zero-order valence-corrected chi connectivity index (χ0v) is 34.2. The van der Waals surface area contributed by atoms with Crippen LogP contribution in [0.4, 0.5) is 45.5 Å². The molecule has 2 atom stereocenters. The number of para-hydroxylation sites is 4. The number of benzene rings is 6. The molecular formula is C49H50ClN3Si. The molecule has 5 heteroatoms. The summed E-state index contributed by atoms with van der Waals surface area (Å²) < 4.78 is 0. The summed E-state index contributed by atoms with van der Waals surface area (Å²) in [6, 6.07) is 51.7. The minimum absolute atomic E-state index is 0.0281. The molecule has 0 bridgehead atoms. The zero-order valence-electron chi connectivity index (χ0n) is 32.4. The summed E-state index contributed by atoms with van der Waals surface area (Å²) in [4.78, 5) is 7.48. The van der Waals surface area contributed by atoms with Crippen LogP contribution in [0.2, 0.25) is 18.1 Å². The fraction of sp³-hybridized carbons (Fsp3) is 0.265. The third-order valence-corrected chi connectivity index (χ3v) is 17.1. The third kappa shape index (κ3) is 5.13. The van der Waals surface area contributed by atoms with E-state index in [1.165, 1.54) is 63.5 Å². The van der Waals surface area contributed by atoms with E-state index in [4.69, 9.17) is 11.6 Å². The van der Waals surface area contributed by atoms with Gasteiger partial charge in [-0.15, -0.1) is 0 Å². The number of anilines is 8. The maximum atomic E-state index is 7.90. The van der Waals surface area contributed by atoms with Crippen LogP contribution in [0.25, 0.3) is 0 Å². The standard InChI is InChI=1S/C49H50ClN3Si/c1-34(2)35-31-43(47(50)44(32-35)52-41-25-12-14-27-45(41)54(5,6)46-28-15-13-26-42(46)52)51(36-19-8-7-9-20-36)37-21-18-22-38(33-37)53-40-24-11-10-23-39(40)48(3)29-16-17-30-49(48,53)4/h7-15,18-28,31-34H,16-17,29-30H2,1-6H3. The molecular weight excluding hydrogens is 694 g/mol. The van der Waals surface area contributed by atoms with E-state index in [0.717, 1.165) is 34.2 Å². The van der Waals surface area contributed by atoms with Crippen LogP contribution in [-0.4, -0.2) is 13.6 Å². The molecule has 54 heavy (non-hydrogen) atoms. The Hall–Kier alpha value is -4.77. The van der Waals surface area contributed by atoms with Crippen molar-refractivity contribution in [2.45, 2.75) is 83.3 Å². The monoisotopic (exact) mass is 743 g/mol. The van der Waals surface area contributed by atoms with Crippen molar-refractivity contribution >= 4 is 75.5 Å². The summed E-state index contributed by atoms with van der Waals surface area (Å²) >= 11 is 7.90. The van der Waals surface area contributed by atoms with Gasteiger partial charge in [-0.3, -0.25) is 0 Å². The molecule has 1 saturated carbocycles. The second-order valence-corrected chi connectivity index (χ2v) is 21.6. The Balaban J connectivity index is 1.26. The number of hydrogen-bond donors (Lipinski definition) is 0. The lowest BCUT2D eigenvalue weighted by molar-refractivity contribution is 0.195. The fourth-order valence-electron chi connectivity index (χ4n) is 10.1. The van der Waals surface area contributed by atoms with E-state index in [0.29, 0.717) is 0 Å². The van der Waals surface area contributed by atoms with Gasteiger partial charge in [-0.05, 0) is 108 Å². The second kappa shape index (κ2) is 12.9. The normalized spacial score (nSPS) is 21.0. The molecule has 3 aliphatic rings. The van der Waals surface area contributed by atoms with E-state index in [1.54, 1.807) is 0 Å². The molecule has 0 aromatic heterocycles. The summed E-state index contributed by atoms with van der Waals surface area (Å²) in [6.45, 7) is 14.5. The van der Waals surface area contributed by atoms with E-state index in [9.17, 15) is 0 Å². The van der Waals surface area contributed by atoms with Crippen molar-refractivity contribution in [2.75, 3.05) is 14.7 Å². The van der Waals surface area contributed by atoms with Crippen LogP contribution < -0.4 is 25.1 Å². The van der Waals surface area contributed by atoms with E-state index >= 15 is 0 Å². The van der Waals surface area contributed by atoms with Crippen LogP contribution in [0.3, 0.4) is 0 Å². The Labute approximate surface area is 327 Å². The number of halogens is 1. The van der Waals surface area contributed by atoms with Crippen LogP contribution in [-0.2, 0) is 5.41 Å². The summed E-state index contributed by atoms with van der Waals surface area (Å²) in [7, 11) is -1.97. The van der Waals surface area contributed by atoms with Gasteiger partial charge in [0.2, 0.25) is 0 Å². The number of hydrogen-bond acceptors (Lipinski definition) is 3. The van der Waals surface area contributed by atoms with Gasteiger partial charge in [0.15, 0.2) is 0 Å². The largest absolute Gasteiger partial charge is 0.334 e. The van der Waals surface area contributed by atoms with Crippen molar-refractivity contribution in [3.63, 3.8) is 0 Å². The predicted octanol–water partition coefficient (Wildman–Crippen LogP) is 13.3. The number of fused-ring (bicyclic) bond motifs is 5. The van der Waals surface area contributed by atoms with E-state index in [2.05, 4.69) is 195 Å².